The SMILES string of the molecule is CCN(CC)CC#CCc1ccc(Cl)cc1. The van der Waals surface area contributed by atoms with Gasteiger partial charge in [0.25, 0.3) is 0 Å². The molecular formula is C14H18ClN. The van der Waals surface area contributed by atoms with Crippen LogP contribution in [-0.4, -0.2) is 24.5 Å². The second-order valence-electron chi connectivity index (χ2n) is 3.62. The van der Waals surface area contributed by atoms with Gasteiger partial charge in [-0.3, -0.25) is 4.90 Å². The molecule has 0 saturated carbocycles. The second-order valence-corrected chi connectivity index (χ2v) is 4.05. The standard InChI is InChI=1S/C14H18ClN/c1-3-16(4-2)12-6-5-7-13-8-10-14(15)11-9-13/h8-11H,3-4,7,12H2,1-2H3. The van der Waals surface area contributed by atoms with Crippen molar-refractivity contribution in [3.8, 4) is 11.8 Å². The first-order valence-electron chi connectivity index (χ1n) is 5.68. The van der Waals surface area contributed by atoms with E-state index in [0.29, 0.717) is 0 Å². The van der Waals surface area contributed by atoms with Crippen molar-refractivity contribution in [3.63, 3.8) is 0 Å². The number of hydrogen-bond acceptors (Lipinski definition) is 1. The Balaban J connectivity index is 2.39. The van der Waals surface area contributed by atoms with Crippen molar-refractivity contribution in [3.05, 3.63) is 34.9 Å². The average Bonchev–Trinajstić information content (AvgIpc) is 2.32. The van der Waals surface area contributed by atoms with Gasteiger partial charge in [-0.15, -0.1) is 0 Å². The third kappa shape index (κ3) is 4.70. The molecule has 0 heterocycles. The molecule has 1 nitrogen and oxygen atoms in total. The van der Waals surface area contributed by atoms with Crippen LogP contribution in [0.3, 0.4) is 0 Å². The summed E-state index contributed by atoms with van der Waals surface area (Å²) in [6, 6.07) is 7.86. The number of benzene rings is 1. The van der Waals surface area contributed by atoms with Crippen molar-refractivity contribution in [2.24, 2.45) is 0 Å². The van der Waals surface area contributed by atoms with E-state index >= 15 is 0 Å². The van der Waals surface area contributed by atoms with Gasteiger partial charge >= 0.3 is 0 Å². The zero-order valence-electron chi connectivity index (χ0n) is 9.96. The van der Waals surface area contributed by atoms with Crippen molar-refractivity contribution in [1.82, 2.24) is 4.90 Å². The van der Waals surface area contributed by atoms with E-state index < -0.39 is 0 Å². The van der Waals surface area contributed by atoms with Crippen LogP contribution >= 0.6 is 11.6 Å². The Labute approximate surface area is 103 Å². The zero-order valence-corrected chi connectivity index (χ0v) is 10.7. The smallest absolute Gasteiger partial charge is 0.0601 e. The lowest BCUT2D eigenvalue weighted by molar-refractivity contribution is 0.342. The van der Waals surface area contributed by atoms with Gasteiger partial charge in [-0.25, -0.2) is 0 Å². The van der Waals surface area contributed by atoms with Crippen molar-refractivity contribution >= 4 is 11.6 Å². The highest BCUT2D eigenvalue weighted by Crippen LogP contribution is 2.09. The molecule has 0 N–H and O–H groups in total. The third-order valence-electron chi connectivity index (χ3n) is 2.53. The molecule has 0 aliphatic rings. The maximum atomic E-state index is 5.81. The number of rotatable bonds is 4. The van der Waals surface area contributed by atoms with Crippen LogP contribution in [-0.2, 0) is 6.42 Å². The van der Waals surface area contributed by atoms with Gasteiger partial charge in [0.15, 0.2) is 0 Å². The fourth-order valence-corrected chi connectivity index (χ4v) is 1.51. The zero-order chi connectivity index (χ0) is 11.8. The molecule has 0 aliphatic heterocycles. The fraction of sp³-hybridized carbons (Fsp3) is 0.429. The van der Waals surface area contributed by atoms with Crippen molar-refractivity contribution in [2.75, 3.05) is 19.6 Å². The number of halogens is 1. The van der Waals surface area contributed by atoms with E-state index in [1.807, 2.05) is 24.3 Å². The summed E-state index contributed by atoms with van der Waals surface area (Å²) in [6.07, 6.45) is 0.804. The molecular weight excluding hydrogens is 218 g/mol. The quantitative estimate of drug-likeness (QED) is 0.725. The van der Waals surface area contributed by atoms with Gasteiger partial charge < -0.3 is 0 Å². The molecule has 86 valence electrons. The first-order valence-corrected chi connectivity index (χ1v) is 6.06. The Hall–Kier alpha value is -0.970. The summed E-state index contributed by atoms with van der Waals surface area (Å²) in [5.41, 5.74) is 1.22. The summed E-state index contributed by atoms with van der Waals surface area (Å²) < 4.78 is 0. The van der Waals surface area contributed by atoms with E-state index in [2.05, 4.69) is 30.6 Å². The summed E-state index contributed by atoms with van der Waals surface area (Å²) in [4.78, 5) is 2.30. The molecule has 0 aromatic heterocycles. The predicted octanol–water partition coefficient (Wildman–Crippen LogP) is 3.23. The molecule has 0 saturated heterocycles. The third-order valence-corrected chi connectivity index (χ3v) is 2.78. The molecule has 0 unspecified atom stereocenters. The molecule has 0 radical (unpaired) electrons. The van der Waals surface area contributed by atoms with E-state index in [0.717, 1.165) is 31.1 Å². The lowest BCUT2D eigenvalue weighted by atomic mass is 10.1. The van der Waals surface area contributed by atoms with E-state index in [1.54, 1.807) is 0 Å². The van der Waals surface area contributed by atoms with Gasteiger partial charge in [0.1, 0.15) is 0 Å². The molecule has 0 aliphatic carbocycles. The van der Waals surface area contributed by atoms with Crippen LogP contribution in [0, 0.1) is 11.8 Å². The average molecular weight is 236 g/mol. The normalized spacial score (nSPS) is 10.0. The Bertz CT molecular complexity index is 355. The minimum Gasteiger partial charge on any atom is -0.293 e. The van der Waals surface area contributed by atoms with Crippen molar-refractivity contribution in [2.45, 2.75) is 20.3 Å². The van der Waals surface area contributed by atoms with Crippen LogP contribution in [0.1, 0.15) is 19.4 Å². The van der Waals surface area contributed by atoms with Gasteiger partial charge in [-0.2, -0.15) is 0 Å². The molecule has 16 heavy (non-hydrogen) atoms. The van der Waals surface area contributed by atoms with Gasteiger partial charge in [-0.1, -0.05) is 49.4 Å². The van der Waals surface area contributed by atoms with Crippen LogP contribution in [0.2, 0.25) is 5.02 Å². The summed E-state index contributed by atoms with van der Waals surface area (Å²) in [5, 5.41) is 0.778. The topological polar surface area (TPSA) is 3.24 Å². The molecule has 1 aromatic rings. The van der Waals surface area contributed by atoms with Crippen molar-refractivity contribution < 1.29 is 0 Å². The van der Waals surface area contributed by atoms with E-state index in [1.165, 1.54) is 5.56 Å². The second kappa shape index (κ2) is 7.33. The van der Waals surface area contributed by atoms with Gasteiger partial charge in [0.05, 0.1) is 6.54 Å². The Morgan fingerprint density at radius 1 is 1.06 bits per heavy atom. The monoisotopic (exact) mass is 235 g/mol. The van der Waals surface area contributed by atoms with Crippen LogP contribution in [0.25, 0.3) is 0 Å². The molecule has 0 fully saturated rings. The molecule has 0 spiro atoms. The Morgan fingerprint density at radius 3 is 2.25 bits per heavy atom. The number of hydrogen-bond donors (Lipinski definition) is 0. The first kappa shape index (κ1) is 13.1. The predicted molar refractivity (Wildman–Crippen MR) is 70.7 cm³/mol. The minimum absolute atomic E-state index is 0.778. The molecule has 1 rings (SSSR count). The Kier molecular flexibility index (Phi) is 6.00. The van der Waals surface area contributed by atoms with Crippen LogP contribution in [0.5, 0.6) is 0 Å². The van der Waals surface area contributed by atoms with Gasteiger partial charge in [0, 0.05) is 11.4 Å². The molecule has 1 aromatic carbocycles. The van der Waals surface area contributed by atoms with E-state index in [-0.39, 0.29) is 0 Å². The number of nitrogens with zero attached hydrogens (tertiary/aromatic N) is 1. The van der Waals surface area contributed by atoms with E-state index in [9.17, 15) is 0 Å². The minimum atomic E-state index is 0.778. The van der Waals surface area contributed by atoms with Crippen LogP contribution in [0.15, 0.2) is 24.3 Å². The Morgan fingerprint density at radius 2 is 1.69 bits per heavy atom. The highest BCUT2D eigenvalue weighted by atomic mass is 35.5. The molecule has 0 atom stereocenters. The molecule has 0 bridgehead atoms. The highest BCUT2D eigenvalue weighted by Gasteiger charge is 1.93. The van der Waals surface area contributed by atoms with E-state index in [4.69, 9.17) is 11.6 Å². The summed E-state index contributed by atoms with van der Waals surface area (Å²) in [6.45, 7) is 7.30. The summed E-state index contributed by atoms with van der Waals surface area (Å²) in [5.74, 6) is 6.38. The lowest BCUT2D eigenvalue weighted by Crippen LogP contribution is -2.22. The fourth-order valence-electron chi connectivity index (χ4n) is 1.38. The lowest BCUT2D eigenvalue weighted by Gasteiger charge is -2.13. The molecule has 0 amide bonds. The summed E-state index contributed by atoms with van der Waals surface area (Å²) in [7, 11) is 0. The van der Waals surface area contributed by atoms with Crippen molar-refractivity contribution in [1.29, 1.82) is 0 Å². The first-order chi connectivity index (χ1) is 7.76. The largest absolute Gasteiger partial charge is 0.293 e. The van der Waals surface area contributed by atoms with Gasteiger partial charge in [0.2, 0.25) is 0 Å². The highest BCUT2D eigenvalue weighted by molar-refractivity contribution is 6.30. The summed E-state index contributed by atoms with van der Waals surface area (Å²) >= 11 is 5.81. The molecule has 2 heteroatoms. The maximum Gasteiger partial charge on any atom is 0.0601 e. The maximum absolute atomic E-state index is 5.81. The van der Waals surface area contributed by atoms with Gasteiger partial charge in [-0.05, 0) is 30.8 Å². The van der Waals surface area contributed by atoms with Crippen LogP contribution < -0.4 is 0 Å². The van der Waals surface area contributed by atoms with Crippen LogP contribution in [0.4, 0.5) is 0 Å².